The van der Waals surface area contributed by atoms with E-state index in [0.717, 1.165) is 12.3 Å². The van der Waals surface area contributed by atoms with Crippen molar-refractivity contribution < 1.29 is 0 Å². The first kappa shape index (κ1) is 10.9. The van der Waals surface area contributed by atoms with Crippen LogP contribution in [0.15, 0.2) is 17.2 Å². The van der Waals surface area contributed by atoms with Crippen LogP contribution in [0.25, 0.3) is 0 Å². The van der Waals surface area contributed by atoms with Crippen LogP contribution in [0.3, 0.4) is 0 Å². The monoisotopic (exact) mass is 226 g/mol. The number of hydrogen-bond donors (Lipinski definition) is 1. The van der Waals surface area contributed by atoms with Gasteiger partial charge in [-0.2, -0.15) is 12.6 Å². The molecule has 1 heterocycles. The summed E-state index contributed by atoms with van der Waals surface area (Å²) in [6.45, 7) is 4.88. The summed E-state index contributed by atoms with van der Waals surface area (Å²) < 4.78 is 3.60. The van der Waals surface area contributed by atoms with Crippen molar-refractivity contribution in [3.8, 4) is 0 Å². The van der Waals surface area contributed by atoms with E-state index in [0.29, 0.717) is 5.41 Å². The number of aromatic nitrogens is 2. The van der Waals surface area contributed by atoms with Gasteiger partial charge in [0.2, 0.25) is 0 Å². The van der Waals surface area contributed by atoms with E-state index in [1.807, 2.05) is 30.8 Å². The lowest BCUT2D eigenvalue weighted by atomic mass is 10.1. The summed E-state index contributed by atoms with van der Waals surface area (Å²) in [6, 6.07) is 0.241. The van der Waals surface area contributed by atoms with Gasteiger partial charge in [0.1, 0.15) is 0 Å². The third-order valence-electron chi connectivity index (χ3n) is 3.23. The van der Waals surface area contributed by atoms with Crippen LogP contribution in [-0.4, -0.2) is 14.9 Å². The van der Waals surface area contributed by atoms with E-state index in [2.05, 4.69) is 12.6 Å². The van der Waals surface area contributed by atoms with Crippen molar-refractivity contribution in [2.45, 2.75) is 39.3 Å². The van der Waals surface area contributed by atoms with Crippen molar-refractivity contribution in [3.05, 3.63) is 22.9 Å². The molecule has 0 radical (unpaired) electrons. The summed E-state index contributed by atoms with van der Waals surface area (Å²) in [7, 11) is 0. The molecule has 0 aromatic carbocycles. The fraction of sp³-hybridized carbons (Fsp3) is 0.727. The molecule has 0 spiro atoms. The SMILES string of the molecule is CC(C)n1ccn(CC2(CS)CC2)c1=O. The molecule has 1 aliphatic carbocycles. The first-order valence-corrected chi connectivity index (χ1v) is 6.09. The molecule has 0 N–H and O–H groups in total. The third kappa shape index (κ3) is 2.00. The van der Waals surface area contributed by atoms with E-state index >= 15 is 0 Å². The van der Waals surface area contributed by atoms with Gasteiger partial charge in [-0.15, -0.1) is 0 Å². The highest BCUT2D eigenvalue weighted by Crippen LogP contribution is 2.47. The molecule has 1 aromatic heterocycles. The van der Waals surface area contributed by atoms with Crippen LogP contribution in [0.2, 0.25) is 0 Å². The highest BCUT2D eigenvalue weighted by atomic mass is 32.1. The van der Waals surface area contributed by atoms with Crippen LogP contribution in [-0.2, 0) is 6.54 Å². The van der Waals surface area contributed by atoms with Crippen molar-refractivity contribution in [3.63, 3.8) is 0 Å². The molecule has 0 unspecified atom stereocenters. The Hall–Kier alpha value is -0.640. The molecule has 3 nitrogen and oxygen atoms in total. The van der Waals surface area contributed by atoms with Crippen LogP contribution in [0, 0.1) is 5.41 Å². The Morgan fingerprint density at radius 1 is 1.47 bits per heavy atom. The first-order chi connectivity index (χ1) is 7.08. The molecule has 0 atom stereocenters. The molecule has 84 valence electrons. The van der Waals surface area contributed by atoms with Crippen molar-refractivity contribution >= 4 is 12.6 Å². The van der Waals surface area contributed by atoms with Crippen LogP contribution in [0.1, 0.15) is 32.7 Å². The van der Waals surface area contributed by atoms with Crippen molar-refractivity contribution in [1.82, 2.24) is 9.13 Å². The topological polar surface area (TPSA) is 26.9 Å². The smallest absolute Gasteiger partial charge is 0.299 e. The van der Waals surface area contributed by atoms with Crippen LogP contribution in [0.5, 0.6) is 0 Å². The molecule has 0 saturated heterocycles. The molecule has 2 rings (SSSR count). The van der Waals surface area contributed by atoms with Crippen molar-refractivity contribution in [1.29, 1.82) is 0 Å². The van der Waals surface area contributed by atoms with E-state index in [9.17, 15) is 4.79 Å². The maximum Gasteiger partial charge on any atom is 0.328 e. The number of imidazole rings is 1. The minimum absolute atomic E-state index is 0.109. The number of thiol groups is 1. The average molecular weight is 226 g/mol. The standard InChI is InChI=1S/C11H18N2OS/c1-9(2)13-6-5-12(10(13)14)7-11(8-15)3-4-11/h5-6,9,15H,3-4,7-8H2,1-2H3. The molecular formula is C11H18N2OS. The second kappa shape index (κ2) is 3.74. The Morgan fingerprint density at radius 3 is 2.53 bits per heavy atom. The van der Waals surface area contributed by atoms with Gasteiger partial charge in [0, 0.05) is 25.0 Å². The number of nitrogens with zero attached hydrogens (tertiary/aromatic N) is 2. The van der Waals surface area contributed by atoms with E-state index in [4.69, 9.17) is 0 Å². The van der Waals surface area contributed by atoms with E-state index < -0.39 is 0 Å². The zero-order valence-corrected chi connectivity index (χ0v) is 10.2. The summed E-state index contributed by atoms with van der Waals surface area (Å²) in [6.07, 6.45) is 6.18. The summed E-state index contributed by atoms with van der Waals surface area (Å²) in [5.41, 5.74) is 0.411. The number of hydrogen-bond acceptors (Lipinski definition) is 2. The lowest BCUT2D eigenvalue weighted by Crippen LogP contribution is -2.28. The van der Waals surface area contributed by atoms with Gasteiger partial charge in [-0.05, 0) is 37.9 Å². The predicted molar refractivity (Wildman–Crippen MR) is 64.6 cm³/mol. The third-order valence-corrected chi connectivity index (χ3v) is 3.90. The van der Waals surface area contributed by atoms with E-state index in [1.165, 1.54) is 12.8 Å². The molecular weight excluding hydrogens is 208 g/mol. The summed E-state index contributed by atoms with van der Waals surface area (Å²) in [5, 5.41) is 0. The summed E-state index contributed by atoms with van der Waals surface area (Å²) in [4.78, 5) is 11.9. The van der Waals surface area contributed by atoms with Crippen molar-refractivity contribution in [2.24, 2.45) is 5.41 Å². The molecule has 0 aliphatic heterocycles. The molecule has 4 heteroatoms. The minimum Gasteiger partial charge on any atom is -0.299 e. The molecule has 1 aromatic rings. The highest BCUT2D eigenvalue weighted by Gasteiger charge is 2.41. The van der Waals surface area contributed by atoms with Gasteiger partial charge in [0.05, 0.1) is 0 Å². The molecule has 1 saturated carbocycles. The Labute approximate surface area is 95.5 Å². The zero-order chi connectivity index (χ0) is 11.1. The van der Waals surface area contributed by atoms with Crippen molar-refractivity contribution in [2.75, 3.05) is 5.75 Å². The maximum atomic E-state index is 11.9. The normalized spacial score (nSPS) is 18.4. The lowest BCUT2D eigenvalue weighted by Gasteiger charge is -2.11. The fourth-order valence-electron chi connectivity index (χ4n) is 1.85. The highest BCUT2D eigenvalue weighted by molar-refractivity contribution is 7.80. The van der Waals surface area contributed by atoms with E-state index in [1.54, 1.807) is 4.57 Å². The molecule has 1 fully saturated rings. The maximum absolute atomic E-state index is 11.9. The van der Waals surface area contributed by atoms with Gasteiger partial charge in [0.25, 0.3) is 0 Å². The Morgan fingerprint density at radius 2 is 2.13 bits per heavy atom. The molecule has 15 heavy (non-hydrogen) atoms. The Kier molecular flexibility index (Phi) is 2.71. The van der Waals surface area contributed by atoms with Crippen LogP contribution in [0.4, 0.5) is 0 Å². The molecule has 0 amide bonds. The molecule has 1 aliphatic rings. The lowest BCUT2D eigenvalue weighted by molar-refractivity contribution is 0.451. The number of rotatable bonds is 4. The Balaban J connectivity index is 2.20. The van der Waals surface area contributed by atoms with Gasteiger partial charge in [0.15, 0.2) is 0 Å². The average Bonchev–Trinajstić information content (AvgIpc) is 2.87. The molecule has 0 bridgehead atoms. The van der Waals surface area contributed by atoms with Gasteiger partial charge in [-0.3, -0.25) is 9.13 Å². The first-order valence-electron chi connectivity index (χ1n) is 5.46. The largest absolute Gasteiger partial charge is 0.328 e. The zero-order valence-electron chi connectivity index (χ0n) is 9.31. The fourth-order valence-corrected chi connectivity index (χ4v) is 2.26. The minimum atomic E-state index is 0.109. The van der Waals surface area contributed by atoms with Gasteiger partial charge in [-0.25, -0.2) is 4.79 Å². The quantitative estimate of drug-likeness (QED) is 0.780. The van der Waals surface area contributed by atoms with Gasteiger partial charge < -0.3 is 0 Å². The van der Waals surface area contributed by atoms with Crippen LogP contribution < -0.4 is 5.69 Å². The summed E-state index contributed by atoms with van der Waals surface area (Å²) in [5.74, 6) is 0.881. The van der Waals surface area contributed by atoms with E-state index in [-0.39, 0.29) is 11.7 Å². The summed E-state index contributed by atoms with van der Waals surface area (Å²) >= 11 is 4.35. The Bertz CT molecular complexity index is 401. The second-order valence-corrected chi connectivity index (χ2v) is 5.18. The van der Waals surface area contributed by atoms with Crippen LogP contribution >= 0.6 is 12.6 Å². The van der Waals surface area contributed by atoms with Gasteiger partial charge >= 0.3 is 5.69 Å². The predicted octanol–water partition coefficient (Wildman–Crippen LogP) is 1.94. The second-order valence-electron chi connectivity index (χ2n) is 4.87. The van der Waals surface area contributed by atoms with Gasteiger partial charge in [-0.1, -0.05) is 0 Å².